The second-order valence-corrected chi connectivity index (χ2v) is 5.05. The first kappa shape index (κ1) is 12.0. The quantitative estimate of drug-likeness (QED) is 0.587. The van der Waals surface area contributed by atoms with Gasteiger partial charge in [-0.3, -0.25) is 0 Å². The van der Waals surface area contributed by atoms with Crippen LogP contribution in [0.1, 0.15) is 26.3 Å². The van der Waals surface area contributed by atoms with Gasteiger partial charge in [-0.1, -0.05) is 0 Å². The Labute approximate surface area is 91.0 Å². The maximum Gasteiger partial charge on any atom is 0.213 e. The summed E-state index contributed by atoms with van der Waals surface area (Å²) in [6, 6.07) is 2.91. The van der Waals surface area contributed by atoms with Crippen LogP contribution in [-0.4, -0.2) is 20.2 Å². The summed E-state index contributed by atoms with van der Waals surface area (Å²) in [6.07, 6.45) is 1.36. The summed E-state index contributed by atoms with van der Waals surface area (Å²) >= 11 is 0. The van der Waals surface area contributed by atoms with Crippen molar-refractivity contribution in [2.45, 2.75) is 26.0 Å². The molecule has 0 radical (unpaired) electrons. The van der Waals surface area contributed by atoms with E-state index in [1.807, 2.05) is 13.8 Å². The summed E-state index contributed by atoms with van der Waals surface area (Å²) in [4.78, 5) is 3.44. The van der Waals surface area contributed by atoms with Gasteiger partial charge in [0.25, 0.3) is 0 Å². The summed E-state index contributed by atoms with van der Waals surface area (Å²) in [5.41, 5.74) is 1.17. The van der Waals surface area contributed by atoms with Crippen LogP contribution in [0.5, 0.6) is 0 Å². The Hall–Kier alpha value is -1.10. The highest BCUT2D eigenvalue weighted by molar-refractivity contribution is 7.84. The molecule has 0 saturated carbocycles. The molecular weight excluding hydrogens is 215 g/mol. The number of nitrogens with zero attached hydrogens (tertiary/aromatic N) is 2. The van der Waals surface area contributed by atoms with Crippen LogP contribution in [0.3, 0.4) is 0 Å². The van der Waals surface area contributed by atoms with Crippen molar-refractivity contribution in [3.05, 3.63) is 29.8 Å². The summed E-state index contributed by atoms with van der Waals surface area (Å²) in [5, 5.41) is -0.0355. The number of pyridine rings is 1. The normalized spacial score (nSPS) is 14.3. The number of hydrogen-bond acceptors (Lipinski definition) is 2. The predicted molar refractivity (Wildman–Crippen MR) is 59.7 cm³/mol. The molecule has 3 nitrogen and oxygen atoms in total. The fourth-order valence-corrected chi connectivity index (χ4v) is 1.51. The Morgan fingerprint density at radius 2 is 2.27 bits per heavy atom. The predicted octanol–water partition coefficient (Wildman–Crippen LogP) is 2.10. The average molecular weight is 228 g/mol. The molecule has 1 heterocycles. The van der Waals surface area contributed by atoms with Crippen molar-refractivity contribution in [3.63, 3.8) is 0 Å². The third kappa shape index (κ3) is 3.51. The smallest absolute Gasteiger partial charge is 0.213 e. The maximum absolute atomic E-state index is 12.8. The van der Waals surface area contributed by atoms with Gasteiger partial charge in [0.1, 0.15) is 11.0 Å². The van der Waals surface area contributed by atoms with E-state index in [9.17, 15) is 8.60 Å². The molecule has 0 N–H and O–H groups in total. The van der Waals surface area contributed by atoms with Crippen LogP contribution in [0.2, 0.25) is 0 Å². The fraction of sp³-hybridized carbons (Fsp3) is 0.400. The maximum atomic E-state index is 12.8. The molecule has 1 aromatic heterocycles. The average Bonchev–Trinajstić information content (AvgIpc) is 2.17. The molecule has 1 rings (SSSR count). The molecule has 5 heteroatoms. The molecule has 0 aromatic carbocycles. The Morgan fingerprint density at radius 1 is 1.60 bits per heavy atom. The third-order valence-corrected chi connectivity index (χ3v) is 3.03. The summed E-state index contributed by atoms with van der Waals surface area (Å²) < 4.78 is 28.2. The first-order chi connectivity index (χ1) is 7.00. The first-order valence-corrected chi connectivity index (χ1v) is 5.75. The van der Waals surface area contributed by atoms with Gasteiger partial charge in [0.2, 0.25) is 5.95 Å². The van der Waals surface area contributed by atoms with Gasteiger partial charge in [-0.25, -0.2) is 9.19 Å². The third-order valence-electron chi connectivity index (χ3n) is 1.77. The van der Waals surface area contributed by atoms with E-state index in [0.717, 1.165) is 0 Å². The van der Waals surface area contributed by atoms with Crippen molar-refractivity contribution in [3.8, 4) is 0 Å². The van der Waals surface area contributed by atoms with Crippen molar-refractivity contribution in [2.75, 3.05) is 0 Å². The van der Waals surface area contributed by atoms with E-state index < -0.39 is 16.9 Å². The largest absolute Gasteiger partial charge is 0.235 e. The molecule has 1 atom stereocenters. The highest BCUT2D eigenvalue weighted by Gasteiger charge is 2.05. The van der Waals surface area contributed by atoms with Crippen molar-refractivity contribution in [1.82, 2.24) is 4.98 Å². The molecule has 0 unspecified atom stereocenters. The first-order valence-electron chi connectivity index (χ1n) is 4.58. The lowest BCUT2D eigenvalue weighted by Gasteiger charge is -2.02. The Kier molecular flexibility index (Phi) is 4.08. The molecule has 0 amide bonds. The van der Waals surface area contributed by atoms with Gasteiger partial charge in [-0.15, -0.1) is 0 Å². The van der Waals surface area contributed by atoms with Crippen LogP contribution >= 0.6 is 0 Å². The minimum Gasteiger partial charge on any atom is -0.235 e. The van der Waals surface area contributed by atoms with E-state index in [2.05, 4.69) is 9.38 Å². The second-order valence-electron chi connectivity index (χ2n) is 3.37. The molecule has 1 aromatic rings. The Bertz CT molecular complexity index is 404. The van der Waals surface area contributed by atoms with Gasteiger partial charge in [-0.2, -0.15) is 8.79 Å². The summed E-state index contributed by atoms with van der Waals surface area (Å²) in [7, 11) is -1.26. The molecule has 0 bridgehead atoms. The fourth-order valence-electron chi connectivity index (χ4n) is 0.921. The van der Waals surface area contributed by atoms with Crippen molar-refractivity contribution in [2.24, 2.45) is 4.40 Å². The van der Waals surface area contributed by atoms with Crippen molar-refractivity contribution >= 4 is 16.7 Å². The van der Waals surface area contributed by atoms with Crippen LogP contribution in [0.15, 0.2) is 22.7 Å². The second kappa shape index (κ2) is 5.11. The molecule has 0 aliphatic carbocycles. The SMILES string of the molecule is C/C(=N\[S@@](=O)C(C)C)c1ccnc(F)c1. The van der Waals surface area contributed by atoms with E-state index in [0.29, 0.717) is 11.3 Å². The van der Waals surface area contributed by atoms with E-state index in [1.165, 1.54) is 12.3 Å². The zero-order valence-corrected chi connectivity index (χ0v) is 9.71. The van der Waals surface area contributed by atoms with Crippen LogP contribution < -0.4 is 0 Å². The molecule has 0 saturated heterocycles. The molecule has 0 spiro atoms. The number of halogens is 1. The van der Waals surface area contributed by atoms with Gasteiger partial charge < -0.3 is 0 Å². The highest BCUT2D eigenvalue weighted by Crippen LogP contribution is 2.05. The molecule has 0 aliphatic rings. The monoisotopic (exact) mass is 228 g/mol. The minimum atomic E-state index is -1.26. The Morgan fingerprint density at radius 3 is 2.80 bits per heavy atom. The highest BCUT2D eigenvalue weighted by atomic mass is 32.2. The van der Waals surface area contributed by atoms with Gasteiger partial charge in [0.05, 0.1) is 11.0 Å². The lowest BCUT2D eigenvalue weighted by atomic mass is 10.2. The van der Waals surface area contributed by atoms with Crippen LogP contribution in [0, 0.1) is 5.95 Å². The Balaban J connectivity index is 2.94. The number of rotatable bonds is 3. The van der Waals surface area contributed by atoms with Crippen LogP contribution in [-0.2, 0) is 11.0 Å². The standard InChI is InChI=1S/C10H13FN2OS/c1-7(2)15(14)13-8(3)9-4-5-12-10(11)6-9/h4-7H,1-3H3/b13-8+/t15-/m0/s1. The van der Waals surface area contributed by atoms with E-state index in [1.54, 1.807) is 13.0 Å². The van der Waals surface area contributed by atoms with Crippen molar-refractivity contribution < 1.29 is 8.60 Å². The lowest BCUT2D eigenvalue weighted by molar-refractivity contribution is 0.583. The van der Waals surface area contributed by atoms with Crippen molar-refractivity contribution in [1.29, 1.82) is 0 Å². The van der Waals surface area contributed by atoms with E-state index >= 15 is 0 Å². The molecule has 82 valence electrons. The molecule has 0 fully saturated rings. The van der Waals surface area contributed by atoms with Crippen LogP contribution in [0.4, 0.5) is 4.39 Å². The van der Waals surface area contributed by atoms with Gasteiger partial charge >= 0.3 is 0 Å². The van der Waals surface area contributed by atoms with Gasteiger partial charge in [-0.05, 0) is 26.8 Å². The zero-order valence-electron chi connectivity index (χ0n) is 8.90. The van der Waals surface area contributed by atoms with Gasteiger partial charge in [0, 0.05) is 17.8 Å². The molecule has 0 aliphatic heterocycles. The minimum absolute atomic E-state index is 0.0355. The van der Waals surface area contributed by atoms with E-state index in [4.69, 9.17) is 0 Å². The topological polar surface area (TPSA) is 42.3 Å². The zero-order chi connectivity index (χ0) is 11.4. The number of hydrogen-bond donors (Lipinski definition) is 0. The summed E-state index contributed by atoms with van der Waals surface area (Å²) in [5.74, 6) is -0.558. The lowest BCUT2D eigenvalue weighted by Crippen LogP contribution is -2.06. The molecular formula is C10H13FN2OS. The number of aromatic nitrogens is 1. The summed E-state index contributed by atoms with van der Waals surface area (Å²) in [6.45, 7) is 5.34. The van der Waals surface area contributed by atoms with Gasteiger partial charge in [0.15, 0.2) is 0 Å². The van der Waals surface area contributed by atoms with E-state index in [-0.39, 0.29) is 5.25 Å². The van der Waals surface area contributed by atoms with Crippen LogP contribution in [0.25, 0.3) is 0 Å². The molecule has 15 heavy (non-hydrogen) atoms.